The van der Waals surface area contributed by atoms with Crippen molar-refractivity contribution in [2.45, 2.75) is 6.17 Å². The average molecular weight is 464 g/mol. The minimum absolute atomic E-state index is 0.0893. The summed E-state index contributed by atoms with van der Waals surface area (Å²) in [6.45, 7) is 0. The van der Waals surface area contributed by atoms with Crippen molar-refractivity contribution < 1.29 is 9.53 Å². The summed E-state index contributed by atoms with van der Waals surface area (Å²) in [5.74, 6) is -0.776. The van der Waals surface area contributed by atoms with Gasteiger partial charge < -0.3 is 26.9 Å². The summed E-state index contributed by atoms with van der Waals surface area (Å²) in [4.78, 5) is 25.7. The molecular weight excluding hydrogens is 444 g/mol. The summed E-state index contributed by atoms with van der Waals surface area (Å²) in [7, 11) is 0. The van der Waals surface area contributed by atoms with E-state index in [-0.39, 0.29) is 17.2 Å². The number of pyridine rings is 1. The van der Waals surface area contributed by atoms with Gasteiger partial charge in [-0.05, 0) is 18.2 Å². The Hall–Kier alpha value is -5.30. The molecule has 1 amide bonds. The molecule has 3 aromatic rings. The number of hydrogen-bond donors (Lipinski definition) is 4. The van der Waals surface area contributed by atoms with Crippen molar-refractivity contribution in [1.82, 2.24) is 4.98 Å². The molecule has 10 heteroatoms. The van der Waals surface area contributed by atoms with Gasteiger partial charge in [0.2, 0.25) is 12.0 Å². The third-order valence-electron chi connectivity index (χ3n) is 5.01. The SMILES string of the molecule is N#Cc1ccnc(C(C=N)=C(N)OC(N)=NC2N=C(c3ccccc3)c3ccccc3NC2=O)c1. The number of anilines is 1. The van der Waals surface area contributed by atoms with E-state index in [1.165, 1.54) is 18.3 Å². The van der Waals surface area contributed by atoms with E-state index >= 15 is 0 Å². The van der Waals surface area contributed by atoms with Crippen LogP contribution in [0, 0.1) is 16.7 Å². The van der Waals surface area contributed by atoms with E-state index in [9.17, 15) is 4.79 Å². The third-order valence-corrected chi connectivity index (χ3v) is 5.01. The number of ether oxygens (including phenoxy) is 1. The molecule has 35 heavy (non-hydrogen) atoms. The largest absolute Gasteiger partial charge is 0.409 e. The smallest absolute Gasteiger partial charge is 0.291 e. The van der Waals surface area contributed by atoms with Crippen molar-refractivity contribution >= 4 is 35.1 Å². The number of nitrogens with two attached hydrogens (primary N) is 2. The molecule has 2 heterocycles. The van der Waals surface area contributed by atoms with Crippen molar-refractivity contribution in [2.75, 3.05) is 5.32 Å². The Kier molecular flexibility index (Phi) is 6.60. The first-order valence-corrected chi connectivity index (χ1v) is 10.4. The zero-order chi connectivity index (χ0) is 24.8. The van der Waals surface area contributed by atoms with Crippen LogP contribution < -0.4 is 16.8 Å². The first-order chi connectivity index (χ1) is 17.0. The highest BCUT2D eigenvalue weighted by atomic mass is 16.5. The summed E-state index contributed by atoms with van der Waals surface area (Å²) in [5.41, 5.74) is 15.3. The van der Waals surface area contributed by atoms with E-state index in [1.54, 1.807) is 6.07 Å². The number of aliphatic imine (C=N–C) groups is 2. The van der Waals surface area contributed by atoms with Crippen LogP contribution in [0.4, 0.5) is 5.69 Å². The van der Waals surface area contributed by atoms with Gasteiger partial charge in [0.25, 0.3) is 11.9 Å². The number of rotatable bonds is 5. The van der Waals surface area contributed by atoms with Gasteiger partial charge in [-0.3, -0.25) is 9.78 Å². The zero-order valence-electron chi connectivity index (χ0n) is 18.3. The van der Waals surface area contributed by atoms with Crippen molar-refractivity contribution in [1.29, 1.82) is 10.7 Å². The van der Waals surface area contributed by atoms with E-state index in [0.717, 1.165) is 17.3 Å². The Bertz CT molecular complexity index is 1420. The lowest BCUT2D eigenvalue weighted by molar-refractivity contribution is -0.117. The number of carbonyl (C=O) groups excluding carboxylic acids is 1. The van der Waals surface area contributed by atoms with Crippen LogP contribution in [0.25, 0.3) is 5.57 Å². The van der Waals surface area contributed by atoms with Gasteiger partial charge in [-0.1, -0.05) is 48.5 Å². The number of amides is 1. The molecule has 0 bridgehead atoms. The first kappa shape index (κ1) is 22.9. The van der Waals surface area contributed by atoms with E-state index in [2.05, 4.69) is 20.3 Å². The van der Waals surface area contributed by atoms with Crippen LogP contribution in [0.2, 0.25) is 0 Å². The van der Waals surface area contributed by atoms with E-state index < -0.39 is 18.1 Å². The molecule has 1 unspecified atom stereocenters. The van der Waals surface area contributed by atoms with Gasteiger partial charge in [-0.2, -0.15) is 10.3 Å². The molecule has 4 rings (SSSR count). The van der Waals surface area contributed by atoms with Crippen LogP contribution >= 0.6 is 0 Å². The molecule has 0 aliphatic carbocycles. The van der Waals surface area contributed by atoms with Gasteiger partial charge in [0.05, 0.1) is 34.3 Å². The molecule has 1 aliphatic heterocycles. The van der Waals surface area contributed by atoms with Crippen molar-refractivity contribution in [3.05, 3.63) is 101 Å². The number of allylic oxidation sites excluding steroid dienone is 1. The van der Waals surface area contributed by atoms with Gasteiger partial charge in [0.15, 0.2) is 0 Å². The van der Waals surface area contributed by atoms with Gasteiger partial charge in [0.1, 0.15) is 0 Å². The zero-order valence-corrected chi connectivity index (χ0v) is 18.3. The van der Waals surface area contributed by atoms with Crippen molar-refractivity contribution in [3.8, 4) is 6.07 Å². The number of amidine groups is 1. The quantitative estimate of drug-likeness (QED) is 0.256. The van der Waals surface area contributed by atoms with Crippen molar-refractivity contribution in [2.24, 2.45) is 21.5 Å². The van der Waals surface area contributed by atoms with Gasteiger partial charge in [-0.25, -0.2) is 4.99 Å². The van der Waals surface area contributed by atoms with Crippen LogP contribution in [0.3, 0.4) is 0 Å². The van der Waals surface area contributed by atoms with Gasteiger partial charge in [-0.15, -0.1) is 0 Å². The predicted octanol–water partition coefficient (Wildman–Crippen LogP) is 2.38. The summed E-state index contributed by atoms with van der Waals surface area (Å²) in [6, 6.07) is 21.2. The standard InChI is InChI=1S/C25H20N8O2/c26-13-15-10-11-30-20(12-15)18(14-27)22(28)35-25(29)33-23-24(34)31-19-9-5-4-8-17(19)21(32-23)16-6-2-1-3-7-16/h1-12,14,23,27H,28H2,(H2,29,33)(H,31,34). The topological polar surface area (TPSA) is 176 Å². The highest BCUT2D eigenvalue weighted by molar-refractivity contribution is 6.19. The lowest BCUT2D eigenvalue weighted by atomic mass is 10.0. The molecule has 1 aliphatic rings. The highest BCUT2D eigenvalue weighted by Gasteiger charge is 2.26. The average Bonchev–Trinajstić information content (AvgIpc) is 3.01. The maximum absolute atomic E-state index is 12.9. The third kappa shape index (κ3) is 5.04. The summed E-state index contributed by atoms with van der Waals surface area (Å²) in [5, 5.41) is 19.6. The number of para-hydroxylation sites is 1. The molecule has 10 nitrogen and oxygen atoms in total. The van der Waals surface area contributed by atoms with Crippen LogP contribution in [0.15, 0.2) is 88.8 Å². The molecule has 2 aromatic carbocycles. The highest BCUT2D eigenvalue weighted by Crippen LogP contribution is 2.24. The number of benzene rings is 2. The van der Waals surface area contributed by atoms with E-state index in [4.69, 9.17) is 26.9 Å². The van der Waals surface area contributed by atoms with E-state index in [0.29, 0.717) is 17.0 Å². The number of nitriles is 1. The number of aromatic nitrogens is 1. The molecule has 172 valence electrons. The number of hydrogen-bond acceptors (Lipinski definition) is 8. The van der Waals surface area contributed by atoms with Crippen LogP contribution in [-0.2, 0) is 9.53 Å². The Balaban J connectivity index is 1.69. The Labute approximate surface area is 200 Å². The minimum Gasteiger partial charge on any atom is -0.409 e. The first-order valence-electron chi connectivity index (χ1n) is 10.4. The lowest BCUT2D eigenvalue weighted by Gasteiger charge is -2.11. The lowest BCUT2D eigenvalue weighted by Crippen LogP contribution is -2.29. The summed E-state index contributed by atoms with van der Waals surface area (Å²) >= 11 is 0. The maximum atomic E-state index is 12.9. The van der Waals surface area contributed by atoms with Crippen LogP contribution in [-0.4, -0.2) is 35.0 Å². The monoisotopic (exact) mass is 464 g/mol. The molecule has 1 atom stereocenters. The molecule has 0 radical (unpaired) electrons. The fourth-order valence-corrected chi connectivity index (χ4v) is 3.39. The second-order valence-corrected chi connectivity index (χ2v) is 7.29. The number of nitrogens with one attached hydrogen (secondary N) is 2. The Morgan fingerprint density at radius 2 is 1.89 bits per heavy atom. The van der Waals surface area contributed by atoms with Gasteiger partial charge in [0, 0.05) is 23.5 Å². The van der Waals surface area contributed by atoms with Crippen LogP contribution in [0.1, 0.15) is 22.4 Å². The number of benzodiazepines with no additional fused rings is 1. The number of carbonyl (C=O) groups is 1. The second-order valence-electron chi connectivity index (χ2n) is 7.29. The molecule has 1 aromatic heterocycles. The summed E-state index contributed by atoms with van der Waals surface area (Å²) in [6.07, 6.45) is 1.08. The summed E-state index contributed by atoms with van der Waals surface area (Å²) < 4.78 is 5.40. The Morgan fingerprint density at radius 1 is 1.14 bits per heavy atom. The normalized spacial score (nSPS) is 16.0. The predicted molar refractivity (Wildman–Crippen MR) is 132 cm³/mol. The Morgan fingerprint density at radius 3 is 2.63 bits per heavy atom. The van der Waals surface area contributed by atoms with Crippen molar-refractivity contribution in [3.63, 3.8) is 0 Å². The number of fused-ring (bicyclic) bond motifs is 1. The minimum atomic E-state index is -1.26. The number of nitrogens with zero attached hydrogens (tertiary/aromatic N) is 4. The molecule has 6 N–H and O–H groups in total. The molecule has 0 saturated carbocycles. The fraction of sp³-hybridized carbons (Fsp3) is 0.0400. The fourth-order valence-electron chi connectivity index (χ4n) is 3.39. The molecule has 0 fully saturated rings. The van der Waals surface area contributed by atoms with Crippen LogP contribution in [0.5, 0.6) is 0 Å². The maximum Gasteiger partial charge on any atom is 0.291 e. The molecule has 0 saturated heterocycles. The van der Waals surface area contributed by atoms with E-state index in [1.807, 2.05) is 54.6 Å². The molecule has 0 spiro atoms. The second kappa shape index (κ2) is 10.1. The van der Waals surface area contributed by atoms with Gasteiger partial charge >= 0.3 is 0 Å². The molecular formula is C25H20N8O2.